The lowest BCUT2D eigenvalue weighted by Crippen LogP contribution is -2.25. The molecular weight excluding hydrogens is 332 g/mol. The Morgan fingerprint density at radius 2 is 1.72 bits per heavy atom. The summed E-state index contributed by atoms with van der Waals surface area (Å²) in [5.74, 6) is -0.0786. The molecule has 0 aliphatic rings. The largest absolute Gasteiger partial charge is 0.352 e. The number of rotatable bonds is 6. The Hall–Kier alpha value is -2.66. The summed E-state index contributed by atoms with van der Waals surface area (Å²) in [7, 11) is 0. The first-order valence-corrected chi connectivity index (χ1v) is 9.07. The van der Waals surface area contributed by atoms with E-state index in [0.717, 1.165) is 22.2 Å². The van der Waals surface area contributed by atoms with Crippen LogP contribution in [0.4, 0.5) is 0 Å². The van der Waals surface area contributed by atoms with E-state index >= 15 is 0 Å². The van der Waals surface area contributed by atoms with Crippen molar-refractivity contribution in [3.8, 4) is 0 Å². The number of carbonyl (C=O) groups is 2. The van der Waals surface area contributed by atoms with E-state index in [1.165, 1.54) is 12.3 Å². The van der Waals surface area contributed by atoms with Gasteiger partial charge in [0.1, 0.15) is 0 Å². The Morgan fingerprint density at radius 3 is 2.48 bits per heavy atom. The van der Waals surface area contributed by atoms with Gasteiger partial charge in [0.15, 0.2) is 0 Å². The Labute approximate surface area is 150 Å². The number of amides is 2. The molecule has 0 atom stereocenters. The lowest BCUT2D eigenvalue weighted by atomic mass is 10.1. The predicted octanol–water partition coefficient (Wildman–Crippen LogP) is 3.51. The van der Waals surface area contributed by atoms with Crippen molar-refractivity contribution in [1.29, 1.82) is 0 Å². The molecule has 4 nitrogen and oxygen atoms in total. The Balaban J connectivity index is 1.50. The summed E-state index contributed by atoms with van der Waals surface area (Å²) in [6.07, 6.45) is 0.771. The molecule has 0 bridgehead atoms. The monoisotopic (exact) mass is 352 g/mol. The molecule has 0 aliphatic carbocycles. The average molecular weight is 352 g/mol. The van der Waals surface area contributed by atoms with Gasteiger partial charge in [-0.1, -0.05) is 30.3 Å². The highest BCUT2D eigenvalue weighted by Crippen LogP contribution is 2.21. The van der Waals surface area contributed by atoms with Gasteiger partial charge in [-0.3, -0.25) is 9.59 Å². The van der Waals surface area contributed by atoms with Crippen molar-refractivity contribution in [3.63, 3.8) is 0 Å². The molecule has 25 heavy (non-hydrogen) atoms. The third-order valence-corrected chi connectivity index (χ3v) is 4.86. The van der Waals surface area contributed by atoms with Gasteiger partial charge in [0.2, 0.25) is 5.91 Å². The molecule has 0 aliphatic heterocycles. The quantitative estimate of drug-likeness (QED) is 0.713. The first kappa shape index (κ1) is 17.2. The van der Waals surface area contributed by atoms with Crippen molar-refractivity contribution < 1.29 is 9.59 Å². The normalized spacial score (nSPS) is 10.6. The molecule has 1 aromatic heterocycles. The maximum Gasteiger partial charge on any atom is 0.251 e. The summed E-state index contributed by atoms with van der Waals surface area (Å²) >= 11 is 1.64. The highest BCUT2D eigenvalue weighted by Gasteiger charge is 2.06. The SMILES string of the molecule is CC(=O)NCc1ccc(CCNC(=O)c2ccc3ccsc3c2)cc1. The predicted molar refractivity (Wildman–Crippen MR) is 102 cm³/mol. The number of carbonyl (C=O) groups excluding carboxylic acids is 2. The van der Waals surface area contributed by atoms with Gasteiger partial charge in [0, 0.05) is 30.3 Å². The van der Waals surface area contributed by atoms with E-state index in [2.05, 4.69) is 16.7 Å². The second-order valence-corrected chi connectivity index (χ2v) is 6.85. The zero-order valence-electron chi connectivity index (χ0n) is 14.0. The van der Waals surface area contributed by atoms with Crippen LogP contribution < -0.4 is 10.6 Å². The third-order valence-electron chi connectivity index (χ3n) is 3.98. The first-order valence-electron chi connectivity index (χ1n) is 8.19. The molecule has 2 aromatic carbocycles. The molecule has 0 spiro atoms. The van der Waals surface area contributed by atoms with Gasteiger partial charge in [0.05, 0.1) is 0 Å². The van der Waals surface area contributed by atoms with E-state index in [0.29, 0.717) is 18.7 Å². The molecule has 0 fully saturated rings. The van der Waals surface area contributed by atoms with Crippen molar-refractivity contribution in [2.45, 2.75) is 19.9 Å². The molecule has 0 radical (unpaired) electrons. The molecular formula is C20H20N2O2S. The maximum absolute atomic E-state index is 12.3. The van der Waals surface area contributed by atoms with Crippen LogP contribution in [0.2, 0.25) is 0 Å². The summed E-state index contributed by atoms with van der Waals surface area (Å²) in [4.78, 5) is 23.2. The van der Waals surface area contributed by atoms with Crippen LogP contribution in [0, 0.1) is 0 Å². The molecule has 2 amide bonds. The van der Waals surface area contributed by atoms with Gasteiger partial charge in [-0.25, -0.2) is 0 Å². The summed E-state index contributed by atoms with van der Waals surface area (Å²) < 4.78 is 1.13. The average Bonchev–Trinajstić information content (AvgIpc) is 3.08. The van der Waals surface area contributed by atoms with Gasteiger partial charge in [0.25, 0.3) is 5.91 Å². The standard InChI is InChI=1S/C20H20N2O2S/c1-14(23)22-13-16-4-2-15(3-5-16)8-10-21-20(24)18-7-6-17-9-11-25-19(17)12-18/h2-7,9,11-12H,8,10,13H2,1H3,(H,21,24)(H,22,23). The third kappa shape index (κ3) is 4.67. The van der Waals surface area contributed by atoms with Crippen LogP contribution in [0.25, 0.3) is 10.1 Å². The lowest BCUT2D eigenvalue weighted by Gasteiger charge is -2.07. The molecule has 1 heterocycles. The minimum absolute atomic E-state index is 0.0347. The van der Waals surface area contributed by atoms with Crippen molar-refractivity contribution in [3.05, 3.63) is 70.6 Å². The van der Waals surface area contributed by atoms with E-state index in [1.807, 2.05) is 47.8 Å². The van der Waals surface area contributed by atoms with E-state index in [4.69, 9.17) is 0 Å². The second kappa shape index (κ2) is 7.94. The minimum atomic E-state index is -0.0439. The first-order chi connectivity index (χ1) is 12.1. The molecule has 0 saturated heterocycles. The molecule has 0 saturated carbocycles. The number of thiophene rings is 1. The summed E-state index contributed by atoms with van der Waals surface area (Å²) in [5, 5.41) is 8.94. The second-order valence-electron chi connectivity index (χ2n) is 5.91. The van der Waals surface area contributed by atoms with E-state index in [-0.39, 0.29) is 11.8 Å². The highest BCUT2D eigenvalue weighted by molar-refractivity contribution is 7.17. The van der Waals surface area contributed by atoms with Crippen LogP contribution in [-0.4, -0.2) is 18.4 Å². The van der Waals surface area contributed by atoms with E-state index in [9.17, 15) is 9.59 Å². The van der Waals surface area contributed by atoms with Crippen molar-refractivity contribution >= 4 is 33.2 Å². The zero-order valence-corrected chi connectivity index (χ0v) is 14.9. The lowest BCUT2D eigenvalue weighted by molar-refractivity contribution is -0.119. The Kier molecular flexibility index (Phi) is 5.46. The van der Waals surface area contributed by atoms with Crippen LogP contribution >= 0.6 is 11.3 Å². The molecule has 3 aromatic rings. The number of hydrogen-bond donors (Lipinski definition) is 2. The van der Waals surface area contributed by atoms with Crippen LogP contribution in [-0.2, 0) is 17.8 Å². The maximum atomic E-state index is 12.3. The summed E-state index contributed by atoms with van der Waals surface area (Å²) in [6.45, 7) is 2.64. The van der Waals surface area contributed by atoms with Crippen molar-refractivity contribution in [2.75, 3.05) is 6.54 Å². The fourth-order valence-electron chi connectivity index (χ4n) is 2.57. The molecule has 128 valence electrons. The number of fused-ring (bicyclic) bond motifs is 1. The van der Waals surface area contributed by atoms with E-state index in [1.54, 1.807) is 11.3 Å². The highest BCUT2D eigenvalue weighted by atomic mass is 32.1. The fourth-order valence-corrected chi connectivity index (χ4v) is 3.40. The molecule has 5 heteroatoms. The molecule has 0 unspecified atom stereocenters. The Bertz CT molecular complexity index is 884. The van der Waals surface area contributed by atoms with Crippen LogP contribution in [0.1, 0.15) is 28.4 Å². The summed E-state index contributed by atoms with van der Waals surface area (Å²) in [5.41, 5.74) is 2.91. The fraction of sp³-hybridized carbons (Fsp3) is 0.200. The van der Waals surface area contributed by atoms with Crippen LogP contribution in [0.3, 0.4) is 0 Å². The van der Waals surface area contributed by atoms with E-state index < -0.39 is 0 Å². The van der Waals surface area contributed by atoms with Gasteiger partial charge in [-0.15, -0.1) is 11.3 Å². The van der Waals surface area contributed by atoms with Crippen LogP contribution in [0.5, 0.6) is 0 Å². The topological polar surface area (TPSA) is 58.2 Å². The number of benzene rings is 2. The zero-order chi connectivity index (χ0) is 17.6. The summed E-state index contributed by atoms with van der Waals surface area (Å²) in [6, 6.07) is 15.9. The molecule has 3 rings (SSSR count). The number of hydrogen-bond acceptors (Lipinski definition) is 3. The van der Waals surface area contributed by atoms with Crippen molar-refractivity contribution in [1.82, 2.24) is 10.6 Å². The van der Waals surface area contributed by atoms with Crippen LogP contribution in [0.15, 0.2) is 53.9 Å². The van der Waals surface area contributed by atoms with Crippen molar-refractivity contribution in [2.24, 2.45) is 0 Å². The van der Waals surface area contributed by atoms with Gasteiger partial charge >= 0.3 is 0 Å². The minimum Gasteiger partial charge on any atom is -0.352 e. The van der Waals surface area contributed by atoms with Gasteiger partial charge in [-0.05, 0) is 46.5 Å². The number of nitrogens with one attached hydrogen (secondary N) is 2. The smallest absolute Gasteiger partial charge is 0.251 e. The van der Waals surface area contributed by atoms with Gasteiger partial charge in [-0.2, -0.15) is 0 Å². The molecule has 2 N–H and O–H groups in total. The van der Waals surface area contributed by atoms with Gasteiger partial charge < -0.3 is 10.6 Å². The Morgan fingerprint density at radius 1 is 0.960 bits per heavy atom.